The zero-order valence-electron chi connectivity index (χ0n) is 8.13. The second-order valence-electron chi connectivity index (χ2n) is 3.10. The molecule has 13 heavy (non-hydrogen) atoms. The standard InChI is InChI=1S/C10H15BrN2/c1-3-4-7-13(2)10-5-6-12-8-9(10)11/h5-6,8H,3-4,7H2,1-2H3. The number of aromatic nitrogens is 1. The van der Waals surface area contributed by atoms with Crippen molar-refractivity contribution in [3.63, 3.8) is 0 Å². The largest absolute Gasteiger partial charge is 0.374 e. The predicted octanol–water partition coefficient (Wildman–Crippen LogP) is 3.08. The number of hydrogen-bond donors (Lipinski definition) is 0. The van der Waals surface area contributed by atoms with E-state index in [1.165, 1.54) is 18.5 Å². The van der Waals surface area contributed by atoms with Crippen molar-refractivity contribution < 1.29 is 0 Å². The van der Waals surface area contributed by atoms with E-state index in [2.05, 4.69) is 39.8 Å². The second kappa shape index (κ2) is 5.22. The number of unbranched alkanes of at least 4 members (excludes halogenated alkanes) is 1. The Morgan fingerprint density at radius 2 is 2.31 bits per heavy atom. The first kappa shape index (κ1) is 10.5. The van der Waals surface area contributed by atoms with Crippen LogP contribution in [0.3, 0.4) is 0 Å². The summed E-state index contributed by atoms with van der Waals surface area (Å²) >= 11 is 3.48. The van der Waals surface area contributed by atoms with Gasteiger partial charge in [0.15, 0.2) is 0 Å². The van der Waals surface area contributed by atoms with Gasteiger partial charge in [-0.25, -0.2) is 0 Å². The van der Waals surface area contributed by atoms with Gasteiger partial charge in [0.1, 0.15) is 0 Å². The molecule has 0 unspecified atom stereocenters. The molecule has 0 aromatic carbocycles. The van der Waals surface area contributed by atoms with E-state index in [-0.39, 0.29) is 0 Å². The summed E-state index contributed by atoms with van der Waals surface area (Å²) in [6.45, 7) is 3.30. The van der Waals surface area contributed by atoms with Crippen molar-refractivity contribution in [2.24, 2.45) is 0 Å². The van der Waals surface area contributed by atoms with Gasteiger partial charge in [-0.2, -0.15) is 0 Å². The lowest BCUT2D eigenvalue weighted by molar-refractivity contribution is 0.765. The second-order valence-corrected chi connectivity index (χ2v) is 3.96. The van der Waals surface area contributed by atoms with Crippen molar-refractivity contribution in [3.05, 3.63) is 22.9 Å². The number of pyridine rings is 1. The molecule has 1 rings (SSSR count). The predicted molar refractivity (Wildman–Crippen MR) is 60.1 cm³/mol. The summed E-state index contributed by atoms with van der Waals surface area (Å²) in [7, 11) is 2.11. The Hall–Kier alpha value is -0.570. The van der Waals surface area contributed by atoms with E-state index in [9.17, 15) is 0 Å². The fraction of sp³-hybridized carbons (Fsp3) is 0.500. The molecule has 1 aromatic heterocycles. The third-order valence-electron chi connectivity index (χ3n) is 2.01. The van der Waals surface area contributed by atoms with Crippen molar-refractivity contribution in [1.82, 2.24) is 4.98 Å². The highest BCUT2D eigenvalue weighted by Crippen LogP contribution is 2.23. The minimum absolute atomic E-state index is 1.06. The fourth-order valence-electron chi connectivity index (χ4n) is 1.19. The van der Waals surface area contributed by atoms with E-state index >= 15 is 0 Å². The fourth-order valence-corrected chi connectivity index (χ4v) is 1.75. The van der Waals surface area contributed by atoms with Crippen molar-refractivity contribution in [2.45, 2.75) is 19.8 Å². The molecule has 0 aliphatic rings. The minimum Gasteiger partial charge on any atom is -0.374 e. The molecule has 0 spiro atoms. The van der Waals surface area contributed by atoms with Gasteiger partial charge < -0.3 is 4.90 Å². The normalized spacial score (nSPS) is 10.1. The van der Waals surface area contributed by atoms with Gasteiger partial charge in [-0.3, -0.25) is 4.98 Å². The van der Waals surface area contributed by atoms with Gasteiger partial charge >= 0.3 is 0 Å². The van der Waals surface area contributed by atoms with Crippen molar-refractivity contribution in [3.8, 4) is 0 Å². The van der Waals surface area contributed by atoms with Crippen LogP contribution in [0.4, 0.5) is 5.69 Å². The zero-order valence-corrected chi connectivity index (χ0v) is 9.71. The molecular weight excluding hydrogens is 228 g/mol. The molecule has 0 aliphatic heterocycles. The Morgan fingerprint density at radius 1 is 1.54 bits per heavy atom. The topological polar surface area (TPSA) is 16.1 Å². The van der Waals surface area contributed by atoms with E-state index in [4.69, 9.17) is 0 Å². The van der Waals surface area contributed by atoms with Crippen molar-refractivity contribution in [2.75, 3.05) is 18.5 Å². The zero-order chi connectivity index (χ0) is 9.68. The number of rotatable bonds is 4. The van der Waals surface area contributed by atoms with Crippen LogP contribution in [-0.2, 0) is 0 Å². The summed E-state index contributed by atoms with van der Waals surface area (Å²) in [5, 5.41) is 0. The third kappa shape index (κ3) is 2.99. The average Bonchev–Trinajstić information content (AvgIpc) is 2.15. The first-order valence-corrected chi connectivity index (χ1v) is 5.35. The molecule has 0 aliphatic carbocycles. The molecule has 1 heterocycles. The van der Waals surface area contributed by atoms with Crippen LogP contribution in [0.15, 0.2) is 22.9 Å². The van der Waals surface area contributed by atoms with Crippen LogP contribution in [0.1, 0.15) is 19.8 Å². The molecule has 0 atom stereocenters. The van der Waals surface area contributed by atoms with Gasteiger partial charge in [-0.05, 0) is 28.4 Å². The molecule has 72 valence electrons. The van der Waals surface area contributed by atoms with Crippen LogP contribution >= 0.6 is 15.9 Å². The van der Waals surface area contributed by atoms with Gasteiger partial charge in [-0.1, -0.05) is 13.3 Å². The molecule has 0 saturated heterocycles. The molecule has 2 nitrogen and oxygen atoms in total. The van der Waals surface area contributed by atoms with Gasteiger partial charge in [0, 0.05) is 26.0 Å². The number of halogens is 1. The van der Waals surface area contributed by atoms with E-state index in [1.807, 2.05) is 18.5 Å². The van der Waals surface area contributed by atoms with Crippen LogP contribution < -0.4 is 4.90 Å². The van der Waals surface area contributed by atoms with Gasteiger partial charge in [-0.15, -0.1) is 0 Å². The number of anilines is 1. The van der Waals surface area contributed by atoms with E-state index in [0.717, 1.165) is 11.0 Å². The van der Waals surface area contributed by atoms with Crippen LogP contribution in [0, 0.1) is 0 Å². The third-order valence-corrected chi connectivity index (χ3v) is 2.62. The Bertz CT molecular complexity index is 263. The van der Waals surface area contributed by atoms with E-state index in [0.29, 0.717) is 0 Å². The lowest BCUT2D eigenvalue weighted by Gasteiger charge is -2.19. The molecule has 1 aromatic rings. The quantitative estimate of drug-likeness (QED) is 0.807. The smallest absolute Gasteiger partial charge is 0.0592 e. The van der Waals surface area contributed by atoms with E-state index in [1.54, 1.807) is 0 Å². The molecule has 0 radical (unpaired) electrons. The minimum atomic E-state index is 1.06. The molecule has 3 heteroatoms. The maximum absolute atomic E-state index is 4.03. The summed E-state index contributed by atoms with van der Waals surface area (Å²) in [6.07, 6.45) is 6.11. The summed E-state index contributed by atoms with van der Waals surface area (Å²) in [4.78, 5) is 6.28. The monoisotopic (exact) mass is 242 g/mol. The maximum Gasteiger partial charge on any atom is 0.0592 e. The number of nitrogens with zero attached hydrogens (tertiary/aromatic N) is 2. The van der Waals surface area contributed by atoms with Gasteiger partial charge in [0.2, 0.25) is 0 Å². The van der Waals surface area contributed by atoms with E-state index < -0.39 is 0 Å². The molecule has 0 saturated carbocycles. The summed E-state index contributed by atoms with van der Waals surface area (Å²) in [6, 6.07) is 2.03. The highest BCUT2D eigenvalue weighted by atomic mass is 79.9. The maximum atomic E-state index is 4.03. The van der Waals surface area contributed by atoms with Crippen LogP contribution in [0.2, 0.25) is 0 Å². The van der Waals surface area contributed by atoms with Gasteiger partial charge in [0.25, 0.3) is 0 Å². The Morgan fingerprint density at radius 3 is 2.92 bits per heavy atom. The SMILES string of the molecule is CCCCN(C)c1ccncc1Br. The lowest BCUT2D eigenvalue weighted by atomic mass is 10.3. The first-order valence-electron chi connectivity index (χ1n) is 4.56. The van der Waals surface area contributed by atoms with Crippen LogP contribution in [0.25, 0.3) is 0 Å². The molecule has 0 fully saturated rings. The first-order chi connectivity index (χ1) is 6.25. The van der Waals surface area contributed by atoms with Gasteiger partial charge in [0.05, 0.1) is 10.2 Å². The van der Waals surface area contributed by atoms with Crippen LogP contribution in [0.5, 0.6) is 0 Å². The molecular formula is C10H15BrN2. The Labute approximate surface area is 88.1 Å². The Kier molecular flexibility index (Phi) is 4.22. The molecule has 0 bridgehead atoms. The molecule has 0 N–H and O–H groups in total. The summed E-state index contributed by atoms with van der Waals surface area (Å²) < 4.78 is 1.06. The van der Waals surface area contributed by atoms with Crippen molar-refractivity contribution >= 4 is 21.6 Å². The van der Waals surface area contributed by atoms with Crippen LogP contribution in [-0.4, -0.2) is 18.6 Å². The average molecular weight is 243 g/mol. The number of hydrogen-bond acceptors (Lipinski definition) is 2. The lowest BCUT2D eigenvalue weighted by Crippen LogP contribution is -2.18. The Balaban J connectivity index is 2.65. The summed E-state index contributed by atoms with van der Waals surface area (Å²) in [5.74, 6) is 0. The highest BCUT2D eigenvalue weighted by Gasteiger charge is 2.03. The van der Waals surface area contributed by atoms with Crippen molar-refractivity contribution in [1.29, 1.82) is 0 Å². The molecule has 0 amide bonds. The summed E-state index contributed by atoms with van der Waals surface area (Å²) in [5.41, 5.74) is 1.21. The highest BCUT2D eigenvalue weighted by molar-refractivity contribution is 9.10.